The molecule has 0 saturated heterocycles. The minimum absolute atomic E-state index is 0.155. The van der Waals surface area contributed by atoms with E-state index < -0.39 is 11.8 Å². The summed E-state index contributed by atoms with van der Waals surface area (Å²) in [5, 5.41) is 8.78. The maximum absolute atomic E-state index is 12.7. The summed E-state index contributed by atoms with van der Waals surface area (Å²) in [6, 6.07) is 10.3. The number of aryl methyl sites for hydroxylation is 1. The molecule has 0 bridgehead atoms. The van der Waals surface area contributed by atoms with Gasteiger partial charge in [0.15, 0.2) is 0 Å². The van der Waals surface area contributed by atoms with Crippen molar-refractivity contribution in [2.24, 2.45) is 0 Å². The van der Waals surface area contributed by atoms with E-state index in [1.54, 1.807) is 11.0 Å². The van der Waals surface area contributed by atoms with Crippen LogP contribution in [0.4, 0.5) is 10.1 Å². The lowest BCUT2D eigenvalue weighted by Crippen LogP contribution is -2.35. The van der Waals surface area contributed by atoms with Gasteiger partial charge >= 0.3 is 5.97 Å². The van der Waals surface area contributed by atoms with Crippen molar-refractivity contribution in [2.45, 2.75) is 12.8 Å². The molecule has 0 spiro atoms. The van der Waals surface area contributed by atoms with Crippen molar-refractivity contribution in [3.05, 3.63) is 86.6 Å². The fraction of sp³-hybridized carbons (Fsp3) is 0.143. The molecule has 0 saturated carbocycles. The number of aromatic nitrogens is 2. The van der Waals surface area contributed by atoms with Crippen molar-refractivity contribution in [1.82, 2.24) is 9.97 Å². The zero-order valence-corrected chi connectivity index (χ0v) is 18.1. The van der Waals surface area contributed by atoms with Gasteiger partial charge in [0.1, 0.15) is 16.1 Å². The number of hydrogen-bond donors (Lipinski definition) is 1. The molecule has 3 aromatic rings. The van der Waals surface area contributed by atoms with Crippen molar-refractivity contribution in [3.63, 3.8) is 0 Å². The number of pyridine rings is 2. The first-order chi connectivity index (χ1) is 14.8. The third-order valence-electron chi connectivity index (χ3n) is 4.43. The number of carbonyl (C=O) groups excluding carboxylic acids is 1. The van der Waals surface area contributed by atoms with Crippen molar-refractivity contribution in [3.8, 4) is 0 Å². The van der Waals surface area contributed by atoms with Gasteiger partial charge in [-0.05, 0) is 36.6 Å². The summed E-state index contributed by atoms with van der Waals surface area (Å²) in [6.07, 6.45) is 4.22. The molecule has 1 aliphatic heterocycles. The molecule has 1 aromatic carbocycles. The van der Waals surface area contributed by atoms with Gasteiger partial charge in [-0.3, -0.25) is 4.79 Å². The third-order valence-corrected chi connectivity index (χ3v) is 5.24. The molecule has 6 nitrogen and oxygen atoms in total. The number of halogens is 4. The monoisotopic (exact) mass is 481 g/mol. The Morgan fingerprint density at radius 3 is 2.39 bits per heavy atom. The van der Waals surface area contributed by atoms with Crippen molar-refractivity contribution >= 4 is 52.4 Å². The lowest BCUT2D eigenvalue weighted by Gasteiger charge is -2.29. The van der Waals surface area contributed by atoms with Gasteiger partial charge in [-0.1, -0.05) is 53.0 Å². The number of carboxylic acids is 1. The van der Waals surface area contributed by atoms with E-state index in [1.807, 2.05) is 24.3 Å². The number of amides is 1. The van der Waals surface area contributed by atoms with Crippen LogP contribution in [0.3, 0.4) is 0 Å². The van der Waals surface area contributed by atoms with Crippen LogP contribution in [0.5, 0.6) is 0 Å². The van der Waals surface area contributed by atoms with Crippen LogP contribution in [0.1, 0.15) is 32.7 Å². The first-order valence-electron chi connectivity index (χ1n) is 9.03. The van der Waals surface area contributed by atoms with Crippen LogP contribution in [0.25, 0.3) is 0 Å². The van der Waals surface area contributed by atoms with E-state index in [9.17, 15) is 14.0 Å². The van der Waals surface area contributed by atoms with Gasteiger partial charge in [-0.15, -0.1) is 0 Å². The molecule has 1 N–H and O–H groups in total. The minimum atomic E-state index is -1.29. The lowest BCUT2D eigenvalue weighted by molar-refractivity contribution is 0.0695. The Bertz CT molecular complexity index is 1140. The maximum Gasteiger partial charge on any atom is 0.338 e. The predicted octanol–water partition coefficient (Wildman–Crippen LogP) is 5.55. The molecule has 0 atom stereocenters. The van der Waals surface area contributed by atoms with Gasteiger partial charge < -0.3 is 10.0 Å². The summed E-state index contributed by atoms with van der Waals surface area (Å²) in [6.45, 7) is 0.679. The highest BCUT2D eigenvalue weighted by Crippen LogP contribution is 2.29. The Morgan fingerprint density at radius 1 is 1.00 bits per heavy atom. The highest BCUT2D eigenvalue weighted by molar-refractivity contribution is 6.35. The topological polar surface area (TPSA) is 83.4 Å². The number of anilines is 1. The first-order valence-corrected chi connectivity index (χ1v) is 10.2. The molecule has 1 amide bonds. The molecule has 31 heavy (non-hydrogen) atoms. The van der Waals surface area contributed by atoms with Crippen molar-refractivity contribution in [2.75, 3.05) is 11.4 Å². The molecular formula is C21H15Cl3FN3O3. The van der Waals surface area contributed by atoms with Gasteiger partial charge in [0.05, 0.1) is 22.3 Å². The zero-order chi connectivity index (χ0) is 22.5. The maximum atomic E-state index is 12.7. The number of fused-ring (bicyclic) bond motifs is 1. The second-order valence-corrected chi connectivity index (χ2v) is 7.63. The molecule has 0 radical (unpaired) electrons. The average molecular weight is 483 g/mol. The van der Waals surface area contributed by atoms with Crippen LogP contribution in [0.15, 0.2) is 48.8 Å². The SMILES string of the molecule is O=C(O)c1cc(F)cnc1Cl.O=C(c1cc(Cl)cnc1Cl)N1CCCc2ccccc21. The summed E-state index contributed by atoms with van der Waals surface area (Å²) >= 11 is 17.3. The van der Waals surface area contributed by atoms with E-state index in [-0.39, 0.29) is 21.8 Å². The summed E-state index contributed by atoms with van der Waals surface area (Å²) in [7, 11) is 0. The molecule has 0 aliphatic carbocycles. The fourth-order valence-corrected chi connectivity index (χ4v) is 3.56. The van der Waals surface area contributed by atoms with E-state index in [1.165, 1.54) is 11.8 Å². The number of aromatic carboxylic acids is 1. The highest BCUT2D eigenvalue weighted by Gasteiger charge is 2.25. The third kappa shape index (κ3) is 5.50. The molecule has 3 heterocycles. The Hall–Kier alpha value is -2.74. The molecule has 2 aromatic heterocycles. The van der Waals surface area contributed by atoms with E-state index in [2.05, 4.69) is 9.97 Å². The second-order valence-electron chi connectivity index (χ2n) is 6.48. The quantitative estimate of drug-likeness (QED) is 0.484. The van der Waals surface area contributed by atoms with Gasteiger partial charge in [-0.2, -0.15) is 0 Å². The number of carbonyl (C=O) groups is 2. The summed E-state index contributed by atoms with van der Waals surface area (Å²) < 4.78 is 12.3. The van der Waals surface area contributed by atoms with Crippen molar-refractivity contribution in [1.29, 1.82) is 0 Å². The number of nitrogens with zero attached hydrogens (tertiary/aromatic N) is 3. The Balaban J connectivity index is 0.000000210. The number of rotatable bonds is 2. The van der Waals surface area contributed by atoms with Crippen LogP contribution < -0.4 is 4.90 Å². The lowest BCUT2D eigenvalue weighted by atomic mass is 10.0. The van der Waals surface area contributed by atoms with Crippen molar-refractivity contribution < 1.29 is 19.1 Å². The van der Waals surface area contributed by atoms with E-state index in [4.69, 9.17) is 39.9 Å². The largest absolute Gasteiger partial charge is 0.478 e. The summed E-state index contributed by atoms with van der Waals surface area (Å²) in [5.41, 5.74) is 2.14. The molecule has 0 unspecified atom stereocenters. The van der Waals surface area contributed by atoms with E-state index in [0.29, 0.717) is 17.1 Å². The standard InChI is InChI=1S/C15H12Cl2N2O.C6H3ClFNO2/c16-11-8-12(14(17)18-9-11)15(20)19-7-3-5-10-4-1-2-6-13(10)19;7-5-4(6(10)11)1-3(8)2-9-5/h1-2,4,6,8-9H,3,5,7H2;1-2H,(H,10,11). The number of hydrogen-bond acceptors (Lipinski definition) is 4. The van der Waals surface area contributed by atoms with Gasteiger partial charge in [-0.25, -0.2) is 19.2 Å². The van der Waals surface area contributed by atoms with E-state index in [0.717, 1.165) is 30.8 Å². The summed E-state index contributed by atoms with van der Waals surface area (Å²) in [5.74, 6) is -2.16. The van der Waals surface area contributed by atoms with Crippen LogP contribution in [0.2, 0.25) is 15.3 Å². The Labute approximate surface area is 192 Å². The van der Waals surface area contributed by atoms with E-state index >= 15 is 0 Å². The smallest absolute Gasteiger partial charge is 0.338 e. The molecule has 1 aliphatic rings. The predicted molar refractivity (Wildman–Crippen MR) is 117 cm³/mol. The average Bonchev–Trinajstić information content (AvgIpc) is 2.76. The Morgan fingerprint density at radius 2 is 1.68 bits per heavy atom. The fourth-order valence-electron chi connectivity index (χ4n) is 3.04. The number of para-hydroxylation sites is 1. The van der Waals surface area contributed by atoms with Gasteiger partial charge in [0.2, 0.25) is 0 Å². The molecular weight excluding hydrogens is 468 g/mol. The Kier molecular flexibility index (Phi) is 7.43. The van der Waals surface area contributed by atoms with Crippen LogP contribution >= 0.6 is 34.8 Å². The number of carboxylic acid groups (broad SMARTS) is 1. The first kappa shape index (κ1) is 22.9. The van der Waals surface area contributed by atoms with Crippen LogP contribution in [0, 0.1) is 5.82 Å². The summed E-state index contributed by atoms with van der Waals surface area (Å²) in [4.78, 5) is 32.0. The van der Waals surface area contributed by atoms with Crippen LogP contribution in [-0.4, -0.2) is 33.5 Å². The normalized spacial score (nSPS) is 12.5. The molecule has 160 valence electrons. The molecule has 0 fully saturated rings. The second kappa shape index (κ2) is 10.0. The van der Waals surface area contributed by atoms with Gasteiger partial charge in [0, 0.05) is 18.4 Å². The van der Waals surface area contributed by atoms with Crippen LogP contribution in [-0.2, 0) is 6.42 Å². The highest BCUT2D eigenvalue weighted by atomic mass is 35.5. The van der Waals surface area contributed by atoms with Gasteiger partial charge in [0.25, 0.3) is 5.91 Å². The number of benzene rings is 1. The minimum Gasteiger partial charge on any atom is -0.478 e. The zero-order valence-electron chi connectivity index (χ0n) is 15.9. The molecule has 4 rings (SSSR count). The molecule has 10 heteroatoms.